The fourth-order valence-corrected chi connectivity index (χ4v) is 2.23. The Kier molecular flexibility index (Phi) is 3.98. The van der Waals surface area contributed by atoms with Gasteiger partial charge in [0.1, 0.15) is 6.07 Å². The quantitative estimate of drug-likeness (QED) is 0.863. The van der Waals surface area contributed by atoms with E-state index in [1.807, 2.05) is 31.2 Å². The predicted molar refractivity (Wildman–Crippen MR) is 79.7 cm³/mol. The molecule has 3 nitrogen and oxygen atoms in total. The fourth-order valence-electron chi connectivity index (χ4n) is 1.77. The zero-order valence-corrected chi connectivity index (χ0v) is 12.0. The van der Waals surface area contributed by atoms with E-state index >= 15 is 0 Å². The molecular formula is C15H12BrN3. The summed E-state index contributed by atoms with van der Waals surface area (Å²) in [7, 11) is 0. The first-order chi connectivity index (χ1) is 9.13. The van der Waals surface area contributed by atoms with Crippen molar-refractivity contribution in [1.82, 2.24) is 4.98 Å². The number of nitrogens with zero attached hydrogens (tertiary/aromatic N) is 2. The van der Waals surface area contributed by atoms with E-state index in [0.717, 1.165) is 21.2 Å². The van der Waals surface area contributed by atoms with Crippen LogP contribution in [0.1, 0.15) is 16.7 Å². The largest absolute Gasteiger partial charge is 0.397 e. The number of benzene rings is 1. The second-order valence-electron chi connectivity index (χ2n) is 4.13. The Balaban J connectivity index is 2.62. The van der Waals surface area contributed by atoms with Gasteiger partial charge in [-0.25, -0.2) is 0 Å². The highest BCUT2D eigenvalue weighted by Gasteiger charge is 2.11. The van der Waals surface area contributed by atoms with Gasteiger partial charge in [-0.15, -0.1) is 0 Å². The number of hydrogen-bond donors (Lipinski definition) is 1. The Morgan fingerprint density at radius 1 is 1.37 bits per heavy atom. The lowest BCUT2D eigenvalue weighted by Gasteiger charge is -2.09. The van der Waals surface area contributed by atoms with E-state index in [9.17, 15) is 5.26 Å². The summed E-state index contributed by atoms with van der Waals surface area (Å²) >= 11 is 3.46. The number of allylic oxidation sites excluding steroid dienone is 1. The van der Waals surface area contributed by atoms with Gasteiger partial charge in [0.2, 0.25) is 0 Å². The highest BCUT2D eigenvalue weighted by Crippen LogP contribution is 2.28. The topological polar surface area (TPSA) is 62.7 Å². The summed E-state index contributed by atoms with van der Waals surface area (Å²) in [4.78, 5) is 4.02. The summed E-state index contributed by atoms with van der Waals surface area (Å²) < 4.78 is 0.868. The smallest absolute Gasteiger partial charge is 0.102 e. The molecule has 0 unspecified atom stereocenters. The Morgan fingerprint density at radius 3 is 2.79 bits per heavy atom. The molecule has 0 aliphatic rings. The maximum atomic E-state index is 9.34. The van der Waals surface area contributed by atoms with E-state index in [-0.39, 0.29) is 0 Å². The van der Waals surface area contributed by atoms with Gasteiger partial charge in [-0.1, -0.05) is 33.6 Å². The summed E-state index contributed by atoms with van der Waals surface area (Å²) in [5, 5.41) is 9.34. The lowest BCUT2D eigenvalue weighted by atomic mass is 10.0. The fraction of sp³-hybridized carbons (Fsp3) is 0.0667. The Morgan fingerprint density at radius 2 is 2.16 bits per heavy atom. The van der Waals surface area contributed by atoms with Crippen molar-refractivity contribution in [1.29, 1.82) is 5.26 Å². The number of nitrogens with two attached hydrogens (primary N) is 1. The zero-order chi connectivity index (χ0) is 13.8. The van der Waals surface area contributed by atoms with Crippen LogP contribution in [0.2, 0.25) is 0 Å². The summed E-state index contributed by atoms with van der Waals surface area (Å²) in [6.45, 7) is 1.99. The van der Waals surface area contributed by atoms with Crippen molar-refractivity contribution in [2.75, 3.05) is 0 Å². The summed E-state index contributed by atoms with van der Waals surface area (Å²) in [5.41, 5.74) is 9.66. The molecule has 0 radical (unpaired) electrons. The number of rotatable bonds is 2. The lowest BCUT2D eigenvalue weighted by molar-refractivity contribution is 1.31. The van der Waals surface area contributed by atoms with Crippen LogP contribution in [0.3, 0.4) is 0 Å². The molecule has 0 atom stereocenters. The van der Waals surface area contributed by atoms with Crippen molar-refractivity contribution in [3.63, 3.8) is 0 Å². The minimum atomic E-state index is 0.430. The Labute approximate surface area is 120 Å². The van der Waals surface area contributed by atoms with Crippen LogP contribution in [0.5, 0.6) is 0 Å². The molecule has 0 aliphatic heterocycles. The van der Waals surface area contributed by atoms with E-state index in [2.05, 4.69) is 27.0 Å². The van der Waals surface area contributed by atoms with Crippen LogP contribution in [-0.2, 0) is 0 Å². The van der Waals surface area contributed by atoms with Crippen molar-refractivity contribution in [3.05, 3.63) is 63.9 Å². The van der Waals surface area contributed by atoms with Crippen molar-refractivity contribution in [2.24, 2.45) is 5.73 Å². The number of halogens is 1. The first kappa shape index (κ1) is 13.3. The molecule has 1 aromatic heterocycles. The van der Waals surface area contributed by atoms with Gasteiger partial charge < -0.3 is 5.73 Å². The third-order valence-corrected chi connectivity index (χ3v) is 3.43. The van der Waals surface area contributed by atoms with Crippen LogP contribution in [0, 0.1) is 18.3 Å². The van der Waals surface area contributed by atoms with Crippen LogP contribution in [-0.4, -0.2) is 4.98 Å². The van der Waals surface area contributed by atoms with E-state index in [0.29, 0.717) is 11.3 Å². The number of hydrogen-bond acceptors (Lipinski definition) is 3. The Bertz CT molecular complexity index is 670. The predicted octanol–water partition coefficient (Wildman–Crippen LogP) is 3.50. The van der Waals surface area contributed by atoms with Gasteiger partial charge in [-0.05, 0) is 25.1 Å². The lowest BCUT2D eigenvalue weighted by Crippen LogP contribution is -2.02. The summed E-state index contributed by atoms with van der Waals surface area (Å²) in [5.74, 6) is 0. The maximum absolute atomic E-state index is 9.34. The minimum Gasteiger partial charge on any atom is -0.397 e. The monoisotopic (exact) mass is 313 g/mol. The highest BCUT2D eigenvalue weighted by atomic mass is 79.9. The second-order valence-corrected chi connectivity index (χ2v) is 4.98. The molecule has 0 spiro atoms. The number of aryl methyl sites for hydroxylation is 1. The molecule has 1 heterocycles. The molecule has 0 saturated carbocycles. The summed E-state index contributed by atoms with van der Waals surface area (Å²) in [6, 6.07) is 11.6. The first-order valence-corrected chi connectivity index (χ1v) is 6.49. The maximum Gasteiger partial charge on any atom is 0.102 e. The SMILES string of the molecule is Cc1ccc(Br)c(/C(N)=C(/C#N)c2cccnc2)c1. The molecule has 94 valence electrons. The van der Waals surface area contributed by atoms with Gasteiger partial charge in [0.05, 0.1) is 11.3 Å². The molecule has 0 saturated heterocycles. The number of aromatic nitrogens is 1. The number of nitriles is 1. The van der Waals surface area contributed by atoms with Crippen LogP contribution in [0.4, 0.5) is 0 Å². The van der Waals surface area contributed by atoms with Crippen LogP contribution in [0.25, 0.3) is 11.3 Å². The molecule has 2 aromatic rings. The zero-order valence-electron chi connectivity index (χ0n) is 10.4. The molecule has 4 heteroatoms. The van der Waals surface area contributed by atoms with Gasteiger partial charge in [0.25, 0.3) is 0 Å². The van der Waals surface area contributed by atoms with Crippen LogP contribution in [0.15, 0.2) is 47.2 Å². The van der Waals surface area contributed by atoms with E-state index in [1.54, 1.807) is 18.5 Å². The molecule has 2 rings (SSSR count). The minimum absolute atomic E-state index is 0.430. The first-order valence-electron chi connectivity index (χ1n) is 5.70. The van der Waals surface area contributed by atoms with E-state index < -0.39 is 0 Å². The molecule has 19 heavy (non-hydrogen) atoms. The summed E-state index contributed by atoms with van der Waals surface area (Å²) in [6.07, 6.45) is 3.30. The van der Waals surface area contributed by atoms with Crippen molar-refractivity contribution < 1.29 is 0 Å². The Hall–Kier alpha value is -2.12. The van der Waals surface area contributed by atoms with Gasteiger partial charge >= 0.3 is 0 Å². The van der Waals surface area contributed by atoms with Gasteiger partial charge in [0, 0.05) is 28.0 Å². The highest BCUT2D eigenvalue weighted by molar-refractivity contribution is 9.10. The van der Waals surface area contributed by atoms with Crippen molar-refractivity contribution in [3.8, 4) is 6.07 Å². The second kappa shape index (κ2) is 5.68. The van der Waals surface area contributed by atoms with Crippen LogP contribution >= 0.6 is 15.9 Å². The van der Waals surface area contributed by atoms with Crippen molar-refractivity contribution >= 4 is 27.2 Å². The molecule has 0 amide bonds. The molecule has 0 fully saturated rings. The average molecular weight is 314 g/mol. The molecule has 2 N–H and O–H groups in total. The molecule has 0 aliphatic carbocycles. The van der Waals surface area contributed by atoms with E-state index in [4.69, 9.17) is 5.73 Å². The third-order valence-electron chi connectivity index (χ3n) is 2.74. The molecular weight excluding hydrogens is 302 g/mol. The normalized spacial score (nSPS) is 11.6. The number of pyridine rings is 1. The van der Waals surface area contributed by atoms with E-state index in [1.165, 1.54) is 0 Å². The van der Waals surface area contributed by atoms with Gasteiger partial charge in [-0.3, -0.25) is 4.98 Å². The van der Waals surface area contributed by atoms with Gasteiger partial charge in [0.15, 0.2) is 0 Å². The third kappa shape index (κ3) is 2.83. The van der Waals surface area contributed by atoms with Crippen LogP contribution < -0.4 is 5.73 Å². The van der Waals surface area contributed by atoms with Crippen molar-refractivity contribution in [2.45, 2.75) is 6.92 Å². The molecule has 0 bridgehead atoms. The average Bonchev–Trinajstić information content (AvgIpc) is 2.43. The molecule has 1 aromatic carbocycles. The van der Waals surface area contributed by atoms with Gasteiger partial charge in [-0.2, -0.15) is 5.26 Å². The standard InChI is InChI=1S/C15H12BrN3/c1-10-4-5-14(16)12(7-10)15(18)13(8-17)11-3-2-6-19-9-11/h2-7,9H,18H2,1H3/b15-13+.